The zero-order valence-corrected chi connectivity index (χ0v) is 5.83. The van der Waals surface area contributed by atoms with Crippen LogP contribution < -0.4 is 5.23 Å². The summed E-state index contributed by atoms with van der Waals surface area (Å²) in [6.45, 7) is 0. The highest BCUT2D eigenvalue weighted by Crippen LogP contribution is 2.19. The third kappa shape index (κ3) is 1.44. The van der Waals surface area contributed by atoms with E-state index in [1.54, 1.807) is 0 Å². The highest BCUT2D eigenvalue weighted by Gasteiger charge is 1.96. The Kier molecular flexibility index (Phi) is 1.75. The molecule has 0 aliphatic heterocycles. The van der Waals surface area contributed by atoms with Crippen LogP contribution in [0.25, 0.3) is 0 Å². The van der Waals surface area contributed by atoms with Gasteiger partial charge in [0.15, 0.2) is 4.67 Å². The smallest absolute Gasteiger partial charge is 0.210 e. The maximum absolute atomic E-state index is 10.0. The second-order valence-electron chi connectivity index (χ2n) is 1.35. The van der Waals surface area contributed by atoms with Crippen LogP contribution in [0, 0.1) is 5.21 Å². The van der Waals surface area contributed by atoms with Crippen molar-refractivity contribution in [2.45, 2.75) is 0 Å². The molecule has 0 saturated heterocycles. The Labute approximate surface area is 59.3 Å². The average molecular weight is 193 g/mol. The predicted molar refractivity (Wildman–Crippen MR) is 34.0 cm³/mol. The van der Waals surface area contributed by atoms with Gasteiger partial charge in [0, 0.05) is 6.07 Å². The molecule has 1 N–H and O–H groups in total. The monoisotopic (exact) mass is 192 g/mol. The molecular weight excluding hydrogens is 190 g/mol. The van der Waals surface area contributed by atoms with Gasteiger partial charge in [-0.1, -0.05) is 0 Å². The molecule has 0 aliphatic carbocycles. The van der Waals surface area contributed by atoms with Gasteiger partial charge in [-0.2, -0.15) is 0 Å². The van der Waals surface area contributed by atoms with Gasteiger partial charge >= 0.3 is 0 Å². The van der Waals surface area contributed by atoms with Crippen molar-refractivity contribution in [3.05, 3.63) is 22.0 Å². The lowest BCUT2D eigenvalue weighted by Crippen LogP contribution is -2.04. The minimum atomic E-state index is -0.342. The summed E-state index contributed by atoms with van der Waals surface area (Å²) in [6, 6.07) is 2.85. The quantitative estimate of drug-likeness (QED) is 0.690. The van der Waals surface area contributed by atoms with Crippen molar-refractivity contribution in [3.8, 4) is 0 Å². The second-order valence-corrected chi connectivity index (χ2v) is 2.13. The van der Waals surface area contributed by atoms with E-state index in [-0.39, 0.29) is 11.1 Å². The summed E-state index contributed by atoms with van der Waals surface area (Å²) in [5, 5.41) is 17.9. The Hall–Kier alpha value is -0.520. The lowest BCUT2D eigenvalue weighted by molar-refractivity contribution is 0.271. The van der Waals surface area contributed by atoms with Gasteiger partial charge in [0.05, 0.1) is 0 Å². The van der Waals surface area contributed by atoms with Crippen LogP contribution in [0.15, 0.2) is 21.2 Å². The maximum Gasteiger partial charge on any atom is 0.210 e. The first-order chi connectivity index (χ1) is 4.20. The Balaban J connectivity index is 2.85. The fourth-order valence-corrected chi connectivity index (χ4v) is 0.706. The molecule has 0 unspecified atom stereocenters. The summed E-state index contributed by atoms with van der Waals surface area (Å²) >= 11 is 2.96. The fraction of sp³-hybridized carbons (Fsp3) is 0. The van der Waals surface area contributed by atoms with Gasteiger partial charge in [0.25, 0.3) is 0 Å². The van der Waals surface area contributed by atoms with Crippen LogP contribution in [0.4, 0.5) is 5.88 Å². The molecule has 0 fully saturated rings. The zero-order valence-electron chi connectivity index (χ0n) is 4.24. The minimum Gasteiger partial charge on any atom is -0.731 e. The van der Waals surface area contributed by atoms with E-state index in [1.807, 2.05) is 0 Å². The number of hydrogen-bond acceptors (Lipinski definition) is 4. The summed E-state index contributed by atoms with van der Waals surface area (Å²) in [5.41, 5.74) is 0. The van der Waals surface area contributed by atoms with Crippen molar-refractivity contribution < 1.29 is 9.62 Å². The Morgan fingerprint density at radius 3 is 2.56 bits per heavy atom. The van der Waals surface area contributed by atoms with E-state index in [0.29, 0.717) is 4.67 Å². The Morgan fingerprint density at radius 1 is 1.67 bits per heavy atom. The van der Waals surface area contributed by atoms with Crippen molar-refractivity contribution in [1.29, 1.82) is 0 Å². The topological polar surface area (TPSA) is 59.7 Å². The molecule has 1 heterocycles. The van der Waals surface area contributed by atoms with Crippen LogP contribution in [0.5, 0.6) is 0 Å². The van der Waals surface area contributed by atoms with E-state index in [9.17, 15) is 5.21 Å². The lowest BCUT2D eigenvalue weighted by atomic mass is 10.6. The molecule has 1 rings (SSSR count). The first-order valence-corrected chi connectivity index (χ1v) is 2.91. The van der Waals surface area contributed by atoms with E-state index in [0.717, 1.165) is 0 Å². The number of anilines is 1. The summed E-state index contributed by atoms with van der Waals surface area (Å²) in [6.07, 6.45) is 0. The molecule has 0 bridgehead atoms. The van der Waals surface area contributed by atoms with E-state index in [2.05, 4.69) is 20.3 Å². The third-order valence-corrected chi connectivity index (χ3v) is 1.17. The summed E-state index contributed by atoms with van der Waals surface area (Å²) in [7, 11) is 0. The van der Waals surface area contributed by atoms with E-state index < -0.39 is 0 Å². The number of rotatable bonds is 1. The van der Waals surface area contributed by atoms with E-state index in [4.69, 9.17) is 5.21 Å². The van der Waals surface area contributed by atoms with Gasteiger partial charge in [-0.25, -0.2) is 0 Å². The minimum absolute atomic E-state index is 0.137. The molecule has 5 heteroatoms. The summed E-state index contributed by atoms with van der Waals surface area (Å²) < 4.78 is 5.03. The summed E-state index contributed by atoms with van der Waals surface area (Å²) in [4.78, 5) is 0. The van der Waals surface area contributed by atoms with Crippen LogP contribution in [0.3, 0.4) is 0 Å². The molecule has 0 radical (unpaired) electrons. The standard InChI is InChI=1S/C4H3BrNO3/c5-3-1-2-4(9-3)6(7)8/h1-2,7H/q-1. The van der Waals surface area contributed by atoms with Gasteiger partial charge < -0.3 is 9.62 Å². The molecule has 50 valence electrons. The van der Waals surface area contributed by atoms with Crippen molar-refractivity contribution >= 4 is 21.8 Å². The SMILES string of the molecule is [O-]N(O)c1ccc(Br)o1. The molecule has 0 atom stereocenters. The van der Waals surface area contributed by atoms with Gasteiger partial charge in [0.1, 0.15) is 0 Å². The number of nitrogens with zero attached hydrogens (tertiary/aromatic N) is 1. The molecule has 0 aromatic carbocycles. The largest absolute Gasteiger partial charge is 0.731 e. The Morgan fingerprint density at radius 2 is 2.33 bits per heavy atom. The van der Waals surface area contributed by atoms with Crippen LogP contribution in [-0.4, -0.2) is 5.21 Å². The highest BCUT2D eigenvalue weighted by atomic mass is 79.9. The first-order valence-electron chi connectivity index (χ1n) is 2.11. The van der Waals surface area contributed by atoms with Crippen molar-refractivity contribution in [2.75, 3.05) is 5.23 Å². The number of furan rings is 1. The third-order valence-electron chi connectivity index (χ3n) is 0.748. The fourth-order valence-electron chi connectivity index (χ4n) is 0.408. The van der Waals surface area contributed by atoms with Gasteiger partial charge in [0.2, 0.25) is 5.88 Å². The normalized spacial score (nSPS) is 9.67. The average Bonchev–Trinajstić information content (AvgIpc) is 2.14. The molecule has 0 amide bonds. The van der Waals surface area contributed by atoms with Crippen LogP contribution in [0.1, 0.15) is 0 Å². The van der Waals surface area contributed by atoms with Gasteiger partial charge in [-0.3, -0.25) is 10.4 Å². The van der Waals surface area contributed by atoms with Crippen molar-refractivity contribution in [3.63, 3.8) is 0 Å². The van der Waals surface area contributed by atoms with E-state index in [1.165, 1.54) is 12.1 Å². The van der Waals surface area contributed by atoms with Crippen LogP contribution in [0.2, 0.25) is 0 Å². The molecular formula is C4H3BrNO3-. The summed E-state index contributed by atoms with van der Waals surface area (Å²) in [5.74, 6) is -0.137. The molecule has 1 aromatic heterocycles. The molecule has 0 aliphatic rings. The van der Waals surface area contributed by atoms with Crippen molar-refractivity contribution in [2.24, 2.45) is 0 Å². The number of hydrogen-bond donors (Lipinski definition) is 1. The molecule has 1 aromatic rings. The van der Waals surface area contributed by atoms with E-state index >= 15 is 0 Å². The van der Waals surface area contributed by atoms with Crippen LogP contribution in [-0.2, 0) is 0 Å². The van der Waals surface area contributed by atoms with Gasteiger partial charge in [-0.05, 0) is 22.0 Å². The Bertz CT molecular complexity index is 197. The van der Waals surface area contributed by atoms with Crippen molar-refractivity contribution in [1.82, 2.24) is 0 Å². The maximum atomic E-state index is 10.0. The molecule has 9 heavy (non-hydrogen) atoms. The van der Waals surface area contributed by atoms with Crippen LogP contribution >= 0.6 is 15.9 Å². The van der Waals surface area contributed by atoms with Gasteiger partial charge in [-0.15, -0.1) is 0 Å². The first kappa shape index (κ1) is 6.60. The lowest BCUT2D eigenvalue weighted by Gasteiger charge is -2.16. The number of halogens is 1. The zero-order chi connectivity index (χ0) is 6.85. The highest BCUT2D eigenvalue weighted by molar-refractivity contribution is 9.10. The molecule has 0 saturated carbocycles. The molecule has 0 spiro atoms. The second kappa shape index (κ2) is 2.38. The molecule has 4 nitrogen and oxygen atoms in total. The predicted octanol–water partition coefficient (Wildman–Crippen LogP) is 1.74.